The van der Waals surface area contributed by atoms with Crippen LogP contribution < -0.4 is 0 Å². The molecule has 0 aromatic heterocycles. The number of carbonyl (C=O) groups is 1. The monoisotopic (exact) mass is 224 g/mol. The number of cyclic esters (lactones) is 1. The molecular formula is C11H9ClO3. The molecule has 0 bridgehead atoms. The second kappa shape index (κ2) is 3.95. The van der Waals surface area contributed by atoms with Gasteiger partial charge < -0.3 is 9.47 Å². The van der Waals surface area contributed by atoms with Crippen LogP contribution in [0.1, 0.15) is 5.56 Å². The van der Waals surface area contributed by atoms with Gasteiger partial charge in [-0.1, -0.05) is 23.7 Å². The van der Waals surface area contributed by atoms with Crippen LogP contribution in [0.4, 0.5) is 0 Å². The molecule has 1 aliphatic rings. The highest BCUT2D eigenvalue weighted by Gasteiger charge is 2.26. The molecule has 2 rings (SSSR count). The zero-order valence-electron chi connectivity index (χ0n) is 8.12. The molecule has 4 heteroatoms. The Labute approximate surface area is 92.3 Å². The number of halogens is 1. The minimum Gasteiger partial charge on any atom is -0.497 e. The molecule has 0 atom stereocenters. The van der Waals surface area contributed by atoms with E-state index in [1.54, 1.807) is 24.3 Å². The SMILES string of the molecule is COC1=C(c2ccc(Cl)cc2)C(=O)OC1. The average Bonchev–Trinajstić information content (AvgIpc) is 2.61. The largest absolute Gasteiger partial charge is 0.497 e. The average molecular weight is 225 g/mol. The van der Waals surface area contributed by atoms with Gasteiger partial charge in [0.1, 0.15) is 17.9 Å². The first-order valence-corrected chi connectivity index (χ1v) is 4.80. The second-order valence-corrected chi connectivity index (χ2v) is 3.52. The molecule has 1 aliphatic heterocycles. The van der Waals surface area contributed by atoms with Crippen molar-refractivity contribution in [3.63, 3.8) is 0 Å². The maximum atomic E-state index is 11.4. The third kappa shape index (κ3) is 1.83. The molecule has 1 aromatic carbocycles. The van der Waals surface area contributed by atoms with Crippen LogP contribution in [0.25, 0.3) is 5.57 Å². The van der Waals surface area contributed by atoms with Crippen LogP contribution in [-0.4, -0.2) is 19.7 Å². The zero-order chi connectivity index (χ0) is 10.8. The summed E-state index contributed by atoms with van der Waals surface area (Å²) < 4.78 is 9.96. The molecule has 0 amide bonds. The molecule has 0 aliphatic carbocycles. The molecule has 0 fully saturated rings. The molecule has 78 valence electrons. The Morgan fingerprint density at radius 3 is 2.60 bits per heavy atom. The molecule has 15 heavy (non-hydrogen) atoms. The molecule has 0 saturated heterocycles. The van der Waals surface area contributed by atoms with E-state index in [-0.39, 0.29) is 12.6 Å². The minimum atomic E-state index is -0.353. The topological polar surface area (TPSA) is 35.5 Å². The summed E-state index contributed by atoms with van der Waals surface area (Å²) in [6, 6.07) is 6.98. The van der Waals surface area contributed by atoms with Crippen LogP contribution >= 0.6 is 11.6 Å². The quantitative estimate of drug-likeness (QED) is 0.723. The number of hydrogen-bond donors (Lipinski definition) is 0. The van der Waals surface area contributed by atoms with Crippen molar-refractivity contribution in [2.75, 3.05) is 13.7 Å². The first-order valence-electron chi connectivity index (χ1n) is 4.42. The molecule has 0 spiro atoms. The fraction of sp³-hybridized carbons (Fsp3) is 0.182. The Kier molecular flexibility index (Phi) is 2.64. The number of rotatable bonds is 2. The van der Waals surface area contributed by atoms with Crippen LogP contribution in [-0.2, 0) is 14.3 Å². The van der Waals surface area contributed by atoms with Crippen LogP contribution in [0.3, 0.4) is 0 Å². The van der Waals surface area contributed by atoms with Gasteiger partial charge in [0.25, 0.3) is 0 Å². The van der Waals surface area contributed by atoms with Crippen LogP contribution in [0.2, 0.25) is 5.02 Å². The number of ether oxygens (including phenoxy) is 2. The molecule has 0 unspecified atom stereocenters. The standard InChI is InChI=1S/C11H9ClO3/c1-14-9-6-15-11(13)10(9)7-2-4-8(12)5-3-7/h2-5H,6H2,1H3. The third-order valence-corrected chi connectivity index (χ3v) is 2.45. The van der Waals surface area contributed by atoms with E-state index in [9.17, 15) is 4.79 Å². The van der Waals surface area contributed by atoms with E-state index in [1.807, 2.05) is 0 Å². The van der Waals surface area contributed by atoms with Crippen molar-refractivity contribution in [1.29, 1.82) is 0 Å². The van der Waals surface area contributed by atoms with Crippen molar-refractivity contribution >= 4 is 23.1 Å². The summed E-state index contributed by atoms with van der Waals surface area (Å²) in [5.74, 6) is 0.205. The lowest BCUT2D eigenvalue weighted by molar-refractivity contribution is -0.134. The van der Waals surface area contributed by atoms with E-state index >= 15 is 0 Å². The predicted octanol–water partition coefficient (Wildman–Crippen LogP) is 2.25. The van der Waals surface area contributed by atoms with Gasteiger partial charge in [-0.2, -0.15) is 0 Å². The highest BCUT2D eigenvalue weighted by Crippen LogP contribution is 2.27. The lowest BCUT2D eigenvalue weighted by Crippen LogP contribution is -1.98. The second-order valence-electron chi connectivity index (χ2n) is 3.09. The first-order chi connectivity index (χ1) is 7.22. The van der Waals surface area contributed by atoms with Gasteiger partial charge >= 0.3 is 5.97 Å². The first kappa shape index (κ1) is 10.1. The molecular weight excluding hydrogens is 216 g/mol. The van der Waals surface area contributed by atoms with Gasteiger partial charge in [-0.15, -0.1) is 0 Å². The lowest BCUT2D eigenvalue weighted by atomic mass is 10.1. The summed E-state index contributed by atoms with van der Waals surface area (Å²) in [5.41, 5.74) is 1.24. The summed E-state index contributed by atoms with van der Waals surface area (Å²) in [6.45, 7) is 0.202. The van der Waals surface area contributed by atoms with Gasteiger partial charge in [0.15, 0.2) is 0 Å². The van der Waals surface area contributed by atoms with E-state index in [2.05, 4.69) is 0 Å². The van der Waals surface area contributed by atoms with Crippen molar-refractivity contribution in [1.82, 2.24) is 0 Å². The summed E-state index contributed by atoms with van der Waals surface area (Å²) >= 11 is 5.76. The predicted molar refractivity (Wildman–Crippen MR) is 56.3 cm³/mol. The Balaban J connectivity index is 2.44. The molecule has 3 nitrogen and oxygen atoms in total. The minimum absolute atomic E-state index is 0.202. The third-order valence-electron chi connectivity index (χ3n) is 2.20. The van der Waals surface area contributed by atoms with Gasteiger partial charge in [0.05, 0.1) is 7.11 Å². The Hall–Kier alpha value is -1.48. The maximum Gasteiger partial charge on any atom is 0.342 e. The van der Waals surface area contributed by atoms with Crippen molar-refractivity contribution in [2.45, 2.75) is 0 Å². The normalized spacial score (nSPS) is 15.5. The Bertz CT molecular complexity index is 420. The maximum absolute atomic E-state index is 11.4. The molecule has 0 N–H and O–H groups in total. The number of methoxy groups -OCH3 is 1. The van der Waals surface area contributed by atoms with Gasteiger partial charge in [-0.25, -0.2) is 4.79 Å². The number of esters is 1. The number of carbonyl (C=O) groups excluding carboxylic acids is 1. The fourth-order valence-corrected chi connectivity index (χ4v) is 1.57. The molecule has 0 saturated carbocycles. The highest BCUT2D eigenvalue weighted by molar-refractivity contribution is 6.30. The van der Waals surface area contributed by atoms with E-state index in [0.717, 1.165) is 5.56 Å². The lowest BCUT2D eigenvalue weighted by Gasteiger charge is -2.02. The number of hydrogen-bond acceptors (Lipinski definition) is 3. The summed E-state index contributed by atoms with van der Waals surface area (Å²) in [7, 11) is 1.52. The van der Waals surface area contributed by atoms with Crippen molar-refractivity contribution < 1.29 is 14.3 Å². The summed E-state index contributed by atoms with van der Waals surface area (Å²) in [6.07, 6.45) is 0. The van der Waals surface area contributed by atoms with Crippen molar-refractivity contribution in [3.8, 4) is 0 Å². The van der Waals surface area contributed by atoms with Gasteiger partial charge in [0, 0.05) is 5.02 Å². The van der Waals surface area contributed by atoms with Crippen LogP contribution in [0, 0.1) is 0 Å². The smallest absolute Gasteiger partial charge is 0.342 e. The fourth-order valence-electron chi connectivity index (χ4n) is 1.45. The summed E-state index contributed by atoms with van der Waals surface area (Å²) in [5, 5.41) is 0.629. The molecule has 1 aromatic rings. The van der Waals surface area contributed by atoms with Gasteiger partial charge in [0.2, 0.25) is 0 Å². The van der Waals surface area contributed by atoms with Gasteiger partial charge in [-0.3, -0.25) is 0 Å². The van der Waals surface area contributed by atoms with E-state index in [4.69, 9.17) is 21.1 Å². The highest BCUT2D eigenvalue weighted by atomic mass is 35.5. The van der Waals surface area contributed by atoms with Crippen LogP contribution in [0.15, 0.2) is 30.0 Å². The van der Waals surface area contributed by atoms with E-state index in [1.165, 1.54) is 7.11 Å². The molecule has 1 heterocycles. The van der Waals surface area contributed by atoms with E-state index < -0.39 is 0 Å². The van der Waals surface area contributed by atoms with Crippen molar-refractivity contribution in [3.05, 3.63) is 40.6 Å². The Morgan fingerprint density at radius 1 is 1.33 bits per heavy atom. The Morgan fingerprint density at radius 2 is 2.00 bits per heavy atom. The number of benzene rings is 1. The van der Waals surface area contributed by atoms with E-state index in [0.29, 0.717) is 16.4 Å². The summed E-state index contributed by atoms with van der Waals surface area (Å²) in [4.78, 5) is 11.4. The molecule has 0 radical (unpaired) electrons. The van der Waals surface area contributed by atoms with Crippen molar-refractivity contribution in [2.24, 2.45) is 0 Å². The van der Waals surface area contributed by atoms with Crippen LogP contribution in [0.5, 0.6) is 0 Å². The zero-order valence-corrected chi connectivity index (χ0v) is 8.88. The van der Waals surface area contributed by atoms with Gasteiger partial charge in [-0.05, 0) is 17.7 Å².